The highest BCUT2D eigenvalue weighted by Gasteiger charge is 2.19. The van der Waals surface area contributed by atoms with Crippen LogP contribution in [0.2, 0.25) is 0 Å². The van der Waals surface area contributed by atoms with Gasteiger partial charge in [-0.1, -0.05) is 13.8 Å². The van der Waals surface area contributed by atoms with E-state index in [1.165, 1.54) is 16.2 Å². The minimum atomic E-state index is 0.380. The fourth-order valence-corrected chi connectivity index (χ4v) is 3.35. The Bertz CT molecular complexity index is 349. The number of nitrogens with two attached hydrogens (primary N) is 1. The van der Waals surface area contributed by atoms with Gasteiger partial charge in [0.25, 0.3) is 0 Å². The van der Waals surface area contributed by atoms with Crippen LogP contribution in [0.3, 0.4) is 0 Å². The molecule has 0 saturated heterocycles. The minimum Gasteiger partial charge on any atom is -0.329 e. The van der Waals surface area contributed by atoms with E-state index in [0.29, 0.717) is 12.6 Å². The van der Waals surface area contributed by atoms with Crippen molar-refractivity contribution in [2.24, 2.45) is 5.73 Å². The lowest BCUT2D eigenvalue weighted by atomic mass is 10.2. The Labute approximate surface area is 122 Å². The summed E-state index contributed by atoms with van der Waals surface area (Å²) in [5, 5.41) is 0. The summed E-state index contributed by atoms with van der Waals surface area (Å²) in [6.45, 7) is 8.45. The quantitative estimate of drug-likeness (QED) is 0.756. The molecule has 1 aromatic rings. The van der Waals surface area contributed by atoms with Gasteiger partial charge in [0, 0.05) is 29.4 Å². The van der Waals surface area contributed by atoms with Gasteiger partial charge in [0.05, 0.1) is 6.04 Å². The predicted octanol–water partition coefficient (Wildman–Crippen LogP) is 2.58. The zero-order valence-electron chi connectivity index (χ0n) is 12.9. The van der Waals surface area contributed by atoms with E-state index >= 15 is 0 Å². The highest BCUT2D eigenvalue weighted by molar-refractivity contribution is 7.12. The molecule has 0 aliphatic heterocycles. The number of likely N-dealkylation sites (N-methyl/N-ethyl adjacent to an activating group) is 1. The summed E-state index contributed by atoms with van der Waals surface area (Å²) in [7, 11) is 4.25. The molecule has 1 atom stereocenters. The standard InChI is InChI=1S/C15H29N3S/c1-5-9-18(11-10-17(3)4)14(12-16)15-8-7-13(6-2)19-15/h7-8,14H,5-6,9-12,16H2,1-4H3. The molecular formula is C15H29N3S. The topological polar surface area (TPSA) is 32.5 Å². The maximum absolute atomic E-state index is 6.04. The number of rotatable bonds is 9. The average Bonchev–Trinajstić information content (AvgIpc) is 2.85. The number of hydrogen-bond donors (Lipinski definition) is 1. The van der Waals surface area contributed by atoms with E-state index in [4.69, 9.17) is 5.73 Å². The molecule has 1 rings (SSSR count). The summed E-state index contributed by atoms with van der Waals surface area (Å²) in [6, 6.07) is 4.89. The molecule has 0 spiro atoms. The first-order valence-electron chi connectivity index (χ1n) is 7.29. The molecule has 2 N–H and O–H groups in total. The number of hydrogen-bond acceptors (Lipinski definition) is 4. The molecule has 1 heterocycles. The molecule has 1 unspecified atom stereocenters. The third-order valence-electron chi connectivity index (χ3n) is 3.37. The van der Waals surface area contributed by atoms with Crippen LogP contribution in [0.5, 0.6) is 0 Å². The van der Waals surface area contributed by atoms with Crippen LogP contribution < -0.4 is 5.73 Å². The van der Waals surface area contributed by atoms with Gasteiger partial charge in [-0.3, -0.25) is 4.90 Å². The largest absolute Gasteiger partial charge is 0.329 e. The first kappa shape index (κ1) is 16.6. The first-order chi connectivity index (χ1) is 9.12. The summed E-state index contributed by atoms with van der Waals surface area (Å²) >= 11 is 1.92. The van der Waals surface area contributed by atoms with Gasteiger partial charge in [-0.25, -0.2) is 0 Å². The van der Waals surface area contributed by atoms with Gasteiger partial charge in [0.15, 0.2) is 0 Å². The van der Waals surface area contributed by atoms with Crippen LogP contribution in [0.1, 0.15) is 36.1 Å². The highest BCUT2D eigenvalue weighted by Crippen LogP contribution is 2.27. The van der Waals surface area contributed by atoms with E-state index in [0.717, 1.165) is 26.1 Å². The maximum Gasteiger partial charge on any atom is 0.0564 e. The number of aryl methyl sites for hydroxylation is 1. The number of thiophene rings is 1. The normalized spacial score (nSPS) is 13.4. The first-order valence-corrected chi connectivity index (χ1v) is 8.11. The second-order valence-corrected chi connectivity index (χ2v) is 6.45. The highest BCUT2D eigenvalue weighted by atomic mass is 32.1. The molecule has 0 aliphatic rings. The molecule has 3 nitrogen and oxygen atoms in total. The molecule has 0 saturated carbocycles. The van der Waals surface area contributed by atoms with E-state index in [1.807, 2.05) is 11.3 Å². The molecule has 0 aliphatic carbocycles. The van der Waals surface area contributed by atoms with Crippen LogP contribution in [-0.4, -0.2) is 50.1 Å². The van der Waals surface area contributed by atoms with Crippen molar-refractivity contribution >= 4 is 11.3 Å². The molecule has 0 amide bonds. The second kappa shape index (κ2) is 8.69. The Morgan fingerprint density at radius 3 is 2.37 bits per heavy atom. The second-order valence-electron chi connectivity index (χ2n) is 5.25. The third kappa shape index (κ3) is 5.22. The van der Waals surface area contributed by atoms with Crippen LogP contribution in [0.15, 0.2) is 12.1 Å². The maximum atomic E-state index is 6.04. The van der Waals surface area contributed by atoms with Gasteiger partial charge < -0.3 is 10.6 Å². The molecule has 0 radical (unpaired) electrons. The fraction of sp³-hybridized carbons (Fsp3) is 0.733. The Morgan fingerprint density at radius 2 is 1.89 bits per heavy atom. The minimum absolute atomic E-state index is 0.380. The fourth-order valence-electron chi connectivity index (χ4n) is 2.25. The SMILES string of the molecule is CCCN(CCN(C)C)C(CN)c1ccc(CC)s1. The van der Waals surface area contributed by atoms with Crippen molar-refractivity contribution in [3.63, 3.8) is 0 Å². The molecule has 4 heteroatoms. The van der Waals surface area contributed by atoms with E-state index in [2.05, 4.69) is 49.9 Å². The van der Waals surface area contributed by atoms with E-state index in [9.17, 15) is 0 Å². The summed E-state index contributed by atoms with van der Waals surface area (Å²) in [5.74, 6) is 0. The van der Waals surface area contributed by atoms with Crippen molar-refractivity contribution < 1.29 is 0 Å². The van der Waals surface area contributed by atoms with E-state index in [-0.39, 0.29) is 0 Å². The average molecular weight is 283 g/mol. The third-order valence-corrected chi connectivity index (χ3v) is 4.70. The van der Waals surface area contributed by atoms with Gasteiger partial charge in [-0.15, -0.1) is 11.3 Å². The monoisotopic (exact) mass is 283 g/mol. The van der Waals surface area contributed by atoms with Gasteiger partial charge in [-0.05, 0) is 45.6 Å². The van der Waals surface area contributed by atoms with Crippen molar-refractivity contribution in [2.75, 3.05) is 40.3 Å². The van der Waals surface area contributed by atoms with Crippen LogP contribution in [-0.2, 0) is 6.42 Å². The van der Waals surface area contributed by atoms with Gasteiger partial charge in [-0.2, -0.15) is 0 Å². The van der Waals surface area contributed by atoms with Crippen LogP contribution >= 0.6 is 11.3 Å². The smallest absolute Gasteiger partial charge is 0.0564 e. The van der Waals surface area contributed by atoms with Crippen LogP contribution in [0.4, 0.5) is 0 Å². The van der Waals surface area contributed by atoms with Crippen molar-refractivity contribution in [1.29, 1.82) is 0 Å². The number of nitrogens with zero attached hydrogens (tertiary/aromatic N) is 2. The molecule has 110 valence electrons. The summed E-state index contributed by atoms with van der Waals surface area (Å²) in [5.41, 5.74) is 6.04. The lowest BCUT2D eigenvalue weighted by molar-refractivity contribution is 0.185. The molecule has 1 aromatic heterocycles. The molecular weight excluding hydrogens is 254 g/mol. The van der Waals surface area contributed by atoms with Crippen molar-refractivity contribution in [1.82, 2.24) is 9.80 Å². The Morgan fingerprint density at radius 1 is 1.16 bits per heavy atom. The summed E-state index contributed by atoms with van der Waals surface area (Å²) in [6.07, 6.45) is 2.30. The summed E-state index contributed by atoms with van der Waals surface area (Å²) in [4.78, 5) is 7.65. The van der Waals surface area contributed by atoms with Crippen LogP contribution in [0.25, 0.3) is 0 Å². The molecule has 0 aromatic carbocycles. The van der Waals surface area contributed by atoms with Crippen molar-refractivity contribution in [2.45, 2.75) is 32.7 Å². The Balaban J connectivity index is 2.76. The van der Waals surface area contributed by atoms with Crippen LogP contribution in [0, 0.1) is 0 Å². The van der Waals surface area contributed by atoms with Gasteiger partial charge >= 0.3 is 0 Å². The van der Waals surface area contributed by atoms with Crippen molar-refractivity contribution in [3.8, 4) is 0 Å². The lowest BCUT2D eigenvalue weighted by Crippen LogP contribution is -2.38. The zero-order valence-corrected chi connectivity index (χ0v) is 13.7. The zero-order chi connectivity index (χ0) is 14.3. The van der Waals surface area contributed by atoms with Crippen molar-refractivity contribution in [3.05, 3.63) is 21.9 Å². The summed E-state index contributed by atoms with van der Waals surface area (Å²) < 4.78 is 0. The van der Waals surface area contributed by atoms with Gasteiger partial charge in [0.2, 0.25) is 0 Å². The Hall–Kier alpha value is -0.420. The van der Waals surface area contributed by atoms with Gasteiger partial charge in [0.1, 0.15) is 0 Å². The molecule has 0 bridgehead atoms. The lowest BCUT2D eigenvalue weighted by Gasteiger charge is -2.31. The Kier molecular flexibility index (Phi) is 7.61. The predicted molar refractivity (Wildman–Crippen MR) is 85.9 cm³/mol. The van der Waals surface area contributed by atoms with E-state index in [1.54, 1.807) is 0 Å². The molecule has 19 heavy (non-hydrogen) atoms. The molecule has 0 fully saturated rings. The van der Waals surface area contributed by atoms with E-state index < -0.39 is 0 Å².